The SMILES string of the molecule is O=CN(O)C(C[S+]([O-])N1CCN(c2ccc(OCC(F)(F)F)cc2)CC1)C1CCOCC1. The van der Waals surface area contributed by atoms with Crippen LogP contribution >= 0.6 is 0 Å². The second-order valence-corrected chi connectivity index (χ2v) is 9.30. The molecule has 2 fully saturated rings. The van der Waals surface area contributed by atoms with E-state index in [1.165, 1.54) is 12.1 Å². The molecule has 1 aromatic rings. The average molecular weight is 480 g/mol. The lowest BCUT2D eigenvalue weighted by atomic mass is 9.93. The van der Waals surface area contributed by atoms with Gasteiger partial charge in [0.25, 0.3) is 0 Å². The van der Waals surface area contributed by atoms with Crippen molar-refractivity contribution in [3.05, 3.63) is 24.3 Å². The zero-order chi connectivity index (χ0) is 23.1. The van der Waals surface area contributed by atoms with E-state index in [4.69, 9.17) is 9.47 Å². The fraction of sp³-hybridized carbons (Fsp3) is 0.650. The standard InChI is InChI=1S/C20H28F3N3O5S/c21-20(22,23)14-31-18-3-1-17(2-4-18)24-7-9-25(10-8-24)32(29)13-19(26(28)15-27)16-5-11-30-12-6-16/h1-4,15-16,19,28H,5-14H2. The molecular weight excluding hydrogens is 451 g/mol. The molecule has 1 amide bonds. The number of hydroxylamine groups is 2. The van der Waals surface area contributed by atoms with Gasteiger partial charge in [-0.3, -0.25) is 10.0 Å². The van der Waals surface area contributed by atoms with E-state index in [0.29, 0.717) is 63.7 Å². The van der Waals surface area contributed by atoms with E-state index in [1.54, 1.807) is 12.1 Å². The third kappa shape index (κ3) is 7.14. The molecule has 1 aromatic carbocycles. The molecule has 0 saturated carbocycles. The van der Waals surface area contributed by atoms with Crippen LogP contribution in [0.25, 0.3) is 0 Å². The number of rotatable bonds is 9. The van der Waals surface area contributed by atoms with Gasteiger partial charge >= 0.3 is 6.18 Å². The van der Waals surface area contributed by atoms with Crippen molar-refractivity contribution >= 4 is 23.5 Å². The molecule has 2 aliphatic rings. The van der Waals surface area contributed by atoms with Crippen LogP contribution in [-0.4, -0.2) is 89.5 Å². The number of hydrogen-bond acceptors (Lipinski definition) is 7. The van der Waals surface area contributed by atoms with E-state index >= 15 is 0 Å². The minimum absolute atomic E-state index is 0.0299. The molecule has 0 bridgehead atoms. The maximum absolute atomic E-state index is 12.9. The number of piperazine rings is 1. The number of ether oxygens (including phenoxy) is 2. The van der Waals surface area contributed by atoms with E-state index in [0.717, 1.165) is 5.69 Å². The fourth-order valence-electron chi connectivity index (χ4n) is 3.93. The number of alkyl halides is 3. The van der Waals surface area contributed by atoms with Crippen LogP contribution in [0.1, 0.15) is 12.8 Å². The lowest BCUT2D eigenvalue weighted by Crippen LogP contribution is -2.53. The van der Waals surface area contributed by atoms with Gasteiger partial charge in [0.05, 0.1) is 13.1 Å². The van der Waals surface area contributed by atoms with Gasteiger partial charge in [0.2, 0.25) is 6.41 Å². The first kappa shape index (κ1) is 24.9. The van der Waals surface area contributed by atoms with Gasteiger partial charge < -0.3 is 18.9 Å². The Morgan fingerprint density at radius 1 is 1.22 bits per heavy atom. The predicted octanol–water partition coefficient (Wildman–Crippen LogP) is 2.06. The average Bonchev–Trinajstić information content (AvgIpc) is 2.81. The van der Waals surface area contributed by atoms with Crippen LogP contribution in [0.4, 0.5) is 18.9 Å². The van der Waals surface area contributed by atoms with Crippen molar-refractivity contribution in [1.29, 1.82) is 0 Å². The summed E-state index contributed by atoms with van der Waals surface area (Å²) in [4.78, 5) is 13.2. The molecule has 2 saturated heterocycles. The van der Waals surface area contributed by atoms with Crippen LogP contribution in [0.2, 0.25) is 0 Å². The van der Waals surface area contributed by atoms with Crippen molar-refractivity contribution < 1.29 is 37.2 Å². The summed E-state index contributed by atoms with van der Waals surface area (Å²) in [6.45, 7) is 2.00. The van der Waals surface area contributed by atoms with Crippen molar-refractivity contribution in [1.82, 2.24) is 9.37 Å². The minimum atomic E-state index is -4.38. The van der Waals surface area contributed by atoms with Gasteiger partial charge in [0.15, 0.2) is 6.61 Å². The number of amides is 1. The molecule has 0 aromatic heterocycles. The molecule has 8 nitrogen and oxygen atoms in total. The lowest BCUT2D eigenvalue weighted by molar-refractivity contribution is -0.165. The Morgan fingerprint density at radius 3 is 2.41 bits per heavy atom. The summed E-state index contributed by atoms with van der Waals surface area (Å²) in [5, 5.41) is 10.6. The summed E-state index contributed by atoms with van der Waals surface area (Å²) < 4.78 is 61.6. The number of anilines is 1. The molecule has 12 heteroatoms. The summed E-state index contributed by atoms with van der Waals surface area (Å²) in [5.74, 6) is 0.335. The van der Waals surface area contributed by atoms with Crippen molar-refractivity contribution in [2.24, 2.45) is 5.92 Å². The lowest BCUT2D eigenvalue weighted by Gasteiger charge is -2.38. The van der Waals surface area contributed by atoms with E-state index in [9.17, 15) is 27.7 Å². The van der Waals surface area contributed by atoms with Gasteiger partial charge in [-0.25, -0.2) is 5.06 Å². The first-order chi connectivity index (χ1) is 15.3. The van der Waals surface area contributed by atoms with Crippen LogP contribution in [0.15, 0.2) is 24.3 Å². The van der Waals surface area contributed by atoms with Crippen molar-refractivity contribution in [2.45, 2.75) is 25.1 Å². The number of hydrogen-bond donors (Lipinski definition) is 1. The monoisotopic (exact) mass is 479 g/mol. The Labute approximate surface area is 188 Å². The Bertz CT molecular complexity index is 713. The molecule has 32 heavy (non-hydrogen) atoms. The maximum atomic E-state index is 12.9. The molecule has 2 heterocycles. The Kier molecular flexibility index (Phi) is 8.88. The molecule has 3 rings (SSSR count). The first-order valence-corrected chi connectivity index (χ1v) is 11.7. The highest BCUT2D eigenvalue weighted by atomic mass is 32.2. The summed E-state index contributed by atoms with van der Waals surface area (Å²) in [7, 11) is 0. The van der Waals surface area contributed by atoms with Gasteiger partial charge in [-0.05, 0) is 43.0 Å². The predicted molar refractivity (Wildman–Crippen MR) is 112 cm³/mol. The molecule has 2 atom stereocenters. The van der Waals surface area contributed by atoms with Crippen molar-refractivity contribution in [3.63, 3.8) is 0 Å². The molecule has 2 unspecified atom stereocenters. The van der Waals surface area contributed by atoms with Gasteiger partial charge in [-0.15, -0.1) is 4.31 Å². The van der Waals surface area contributed by atoms with Crippen LogP contribution in [0, 0.1) is 5.92 Å². The van der Waals surface area contributed by atoms with Gasteiger partial charge in [-0.2, -0.15) is 13.2 Å². The number of carbonyl (C=O) groups excluding carboxylic acids is 1. The molecule has 1 N–H and O–H groups in total. The smallest absolute Gasteiger partial charge is 0.422 e. The maximum Gasteiger partial charge on any atom is 0.422 e. The highest BCUT2D eigenvalue weighted by molar-refractivity contribution is 7.89. The third-order valence-electron chi connectivity index (χ3n) is 5.70. The Hall–Kier alpha value is -1.73. The number of nitrogens with zero attached hydrogens (tertiary/aromatic N) is 3. The van der Waals surface area contributed by atoms with Gasteiger partial charge in [0.1, 0.15) is 17.5 Å². The second-order valence-electron chi connectivity index (χ2n) is 7.80. The van der Waals surface area contributed by atoms with Crippen molar-refractivity contribution in [2.75, 3.05) is 56.7 Å². The normalized spacial score (nSPS) is 20.6. The quantitative estimate of drug-likeness (QED) is 0.251. The molecule has 2 aliphatic heterocycles. The van der Waals surface area contributed by atoms with E-state index in [2.05, 4.69) is 4.90 Å². The molecule has 0 aliphatic carbocycles. The van der Waals surface area contributed by atoms with Crippen LogP contribution in [0.5, 0.6) is 5.75 Å². The summed E-state index contributed by atoms with van der Waals surface area (Å²) >= 11 is -1.37. The summed E-state index contributed by atoms with van der Waals surface area (Å²) in [6.07, 6.45) is -2.63. The van der Waals surface area contributed by atoms with E-state index in [-0.39, 0.29) is 17.4 Å². The zero-order valence-corrected chi connectivity index (χ0v) is 18.4. The minimum Gasteiger partial charge on any atom is -0.598 e. The fourth-order valence-corrected chi connectivity index (χ4v) is 5.43. The van der Waals surface area contributed by atoms with Crippen molar-refractivity contribution in [3.8, 4) is 5.75 Å². The van der Waals surface area contributed by atoms with Gasteiger partial charge in [-0.1, -0.05) is 0 Å². The zero-order valence-electron chi connectivity index (χ0n) is 17.6. The third-order valence-corrected chi connectivity index (χ3v) is 7.27. The molecule has 0 radical (unpaired) electrons. The Morgan fingerprint density at radius 2 is 1.84 bits per heavy atom. The Balaban J connectivity index is 1.50. The summed E-state index contributed by atoms with van der Waals surface area (Å²) in [6, 6.07) is 5.87. The highest BCUT2D eigenvalue weighted by Gasteiger charge is 2.36. The summed E-state index contributed by atoms with van der Waals surface area (Å²) in [5.41, 5.74) is 0.845. The largest absolute Gasteiger partial charge is 0.598 e. The molecule has 180 valence electrons. The van der Waals surface area contributed by atoms with Crippen LogP contribution in [0.3, 0.4) is 0 Å². The number of benzene rings is 1. The highest BCUT2D eigenvalue weighted by Crippen LogP contribution is 2.26. The van der Waals surface area contributed by atoms with E-state index in [1.807, 2.05) is 4.31 Å². The van der Waals surface area contributed by atoms with Gasteiger partial charge in [0, 0.05) is 43.4 Å². The number of carbonyl (C=O) groups is 1. The number of halogens is 3. The first-order valence-electron chi connectivity index (χ1n) is 10.4. The molecular formula is C20H28F3N3O5S. The topological polar surface area (TPSA) is 88.5 Å². The van der Waals surface area contributed by atoms with E-state index < -0.39 is 30.2 Å². The second kappa shape index (κ2) is 11.4. The van der Waals surface area contributed by atoms with Crippen LogP contribution in [-0.2, 0) is 20.9 Å². The molecule has 0 spiro atoms. The van der Waals surface area contributed by atoms with Crippen LogP contribution < -0.4 is 9.64 Å².